The van der Waals surface area contributed by atoms with Gasteiger partial charge in [-0.1, -0.05) is 12.1 Å². The summed E-state index contributed by atoms with van der Waals surface area (Å²) in [7, 11) is 1.82. The van der Waals surface area contributed by atoms with E-state index in [4.69, 9.17) is 9.93 Å². The molecule has 1 aromatic rings. The summed E-state index contributed by atoms with van der Waals surface area (Å²) in [4.78, 5) is 0. The van der Waals surface area contributed by atoms with E-state index in [0.29, 0.717) is 10.1 Å². The Bertz CT molecular complexity index is 370. The highest BCUT2D eigenvalue weighted by atomic mass is 127. The van der Waals surface area contributed by atoms with Gasteiger partial charge in [-0.2, -0.15) is 0 Å². The van der Waals surface area contributed by atoms with Crippen molar-refractivity contribution in [2.45, 2.75) is 19.8 Å². The van der Waals surface area contributed by atoms with Crippen LogP contribution < -0.4 is 5.32 Å². The molecule has 0 aliphatic carbocycles. The third-order valence-electron chi connectivity index (χ3n) is 1.94. The minimum atomic E-state index is 0.511. The molecule has 0 atom stereocenters. The van der Waals surface area contributed by atoms with Gasteiger partial charge >= 0.3 is 0 Å². The van der Waals surface area contributed by atoms with E-state index in [2.05, 4.69) is 10.5 Å². The fourth-order valence-corrected chi connectivity index (χ4v) is 1.51. The highest BCUT2D eigenvalue weighted by molar-refractivity contribution is 14.1. The van der Waals surface area contributed by atoms with Crippen LogP contribution in [0, 0.1) is 5.41 Å². The Balaban J connectivity index is 2.74. The third kappa shape index (κ3) is 3.65. The van der Waals surface area contributed by atoms with Crippen LogP contribution in [0.4, 0.5) is 0 Å². The fourth-order valence-electron chi connectivity index (χ4n) is 1.16. The Morgan fingerprint density at radius 1 is 1.73 bits per heavy atom. The topological polar surface area (TPSA) is 61.9 Å². The zero-order valence-corrected chi connectivity index (χ0v) is 11.0. The van der Waals surface area contributed by atoms with Gasteiger partial charge in [0.2, 0.25) is 0 Å². The van der Waals surface area contributed by atoms with Gasteiger partial charge in [-0.25, -0.2) is 0 Å². The molecule has 0 saturated heterocycles. The lowest BCUT2D eigenvalue weighted by Crippen LogP contribution is -2.03. The number of hydrogen-bond donors (Lipinski definition) is 2. The van der Waals surface area contributed by atoms with Crippen LogP contribution in [0.25, 0.3) is 0 Å². The second-order valence-electron chi connectivity index (χ2n) is 3.09. The predicted molar refractivity (Wildman–Crippen MR) is 68.5 cm³/mol. The van der Waals surface area contributed by atoms with Crippen molar-refractivity contribution in [2.75, 3.05) is 7.05 Å². The quantitative estimate of drug-likeness (QED) is 0.647. The number of rotatable bonds is 5. The third-order valence-corrected chi connectivity index (χ3v) is 2.63. The van der Waals surface area contributed by atoms with Crippen molar-refractivity contribution in [2.24, 2.45) is 0 Å². The average Bonchev–Trinajstić information content (AvgIpc) is 2.65. The molecule has 1 rings (SSSR count). The van der Waals surface area contributed by atoms with Crippen molar-refractivity contribution in [1.29, 1.82) is 5.41 Å². The number of hydrogen-bond acceptors (Lipinski definition) is 4. The first-order valence-electron chi connectivity index (χ1n) is 4.72. The maximum Gasteiger partial charge on any atom is 0.141 e. The molecular formula is C10H14IN3O. The van der Waals surface area contributed by atoms with Crippen molar-refractivity contribution in [3.63, 3.8) is 0 Å². The molecule has 0 saturated carbocycles. The summed E-state index contributed by atoms with van der Waals surface area (Å²) in [5, 5.41) is 14.4. The van der Waals surface area contributed by atoms with Crippen molar-refractivity contribution in [1.82, 2.24) is 10.5 Å². The molecule has 0 aliphatic rings. The number of nitrogens with one attached hydrogen (secondary N) is 2. The first kappa shape index (κ1) is 12.2. The molecule has 1 heterocycles. The standard InChI is InChI=1S/C10H14IN3O/c1-3-8-5-9(15-14-8)4-7(6-13-2)10(11)12/h5-6,12-13H,3-4H2,1-2H3/b7-6-,12-10?. The van der Waals surface area contributed by atoms with E-state index in [1.807, 2.05) is 48.8 Å². The summed E-state index contributed by atoms with van der Waals surface area (Å²) >= 11 is 1.98. The van der Waals surface area contributed by atoms with Gasteiger partial charge in [0.15, 0.2) is 0 Å². The van der Waals surface area contributed by atoms with Crippen molar-refractivity contribution in [3.05, 3.63) is 29.3 Å². The molecule has 0 radical (unpaired) electrons. The maximum atomic E-state index is 7.57. The van der Waals surface area contributed by atoms with Gasteiger partial charge in [-0.3, -0.25) is 5.41 Å². The Kier molecular flexibility index (Phi) is 4.80. The summed E-state index contributed by atoms with van der Waals surface area (Å²) in [6.45, 7) is 2.03. The molecule has 0 unspecified atom stereocenters. The van der Waals surface area contributed by atoms with Gasteiger partial charge in [0, 0.05) is 31.3 Å². The summed E-state index contributed by atoms with van der Waals surface area (Å²) in [6.07, 6.45) is 3.29. The van der Waals surface area contributed by atoms with Crippen LogP contribution >= 0.6 is 22.6 Å². The molecule has 82 valence electrons. The largest absolute Gasteiger partial charge is 0.394 e. The number of aromatic nitrogens is 1. The maximum absolute atomic E-state index is 7.57. The Hall–Kier alpha value is -0.850. The number of halogens is 1. The molecule has 0 spiro atoms. The van der Waals surface area contributed by atoms with Crippen LogP contribution in [-0.2, 0) is 12.8 Å². The molecule has 0 aromatic carbocycles. The molecule has 4 nitrogen and oxygen atoms in total. The van der Waals surface area contributed by atoms with Gasteiger partial charge < -0.3 is 9.84 Å². The SMILES string of the molecule is CCc1cc(C/C(=C/NC)C(=N)I)on1. The van der Waals surface area contributed by atoms with Crippen LogP contribution in [0.2, 0.25) is 0 Å². The molecule has 1 aromatic heterocycles. The molecule has 15 heavy (non-hydrogen) atoms. The smallest absolute Gasteiger partial charge is 0.141 e. The molecule has 0 aliphatic heterocycles. The zero-order chi connectivity index (χ0) is 11.3. The van der Waals surface area contributed by atoms with Crippen molar-refractivity contribution < 1.29 is 4.52 Å². The molecule has 2 N–H and O–H groups in total. The molecule has 5 heteroatoms. The number of allylic oxidation sites excluding steroid dienone is 1. The Labute approximate surface area is 103 Å². The van der Waals surface area contributed by atoms with Gasteiger partial charge in [0.1, 0.15) is 5.76 Å². The van der Waals surface area contributed by atoms with Gasteiger partial charge in [0.05, 0.1) is 9.41 Å². The van der Waals surface area contributed by atoms with Crippen molar-refractivity contribution in [3.8, 4) is 0 Å². The Morgan fingerprint density at radius 2 is 2.47 bits per heavy atom. The normalized spacial score (nSPS) is 11.5. The predicted octanol–water partition coefficient (Wildman–Crippen LogP) is 2.30. The second-order valence-corrected chi connectivity index (χ2v) is 4.17. The lowest BCUT2D eigenvalue weighted by atomic mass is 10.1. The minimum Gasteiger partial charge on any atom is -0.394 e. The second kappa shape index (κ2) is 5.89. The van der Waals surface area contributed by atoms with Gasteiger partial charge in [0.25, 0.3) is 0 Å². The lowest BCUT2D eigenvalue weighted by molar-refractivity contribution is 0.384. The summed E-state index contributed by atoms with van der Waals surface area (Å²) in [5.74, 6) is 0.801. The molecule has 0 amide bonds. The number of aryl methyl sites for hydroxylation is 1. The summed E-state index contributed by atoms with van der Waals surface area (Å²) < 4.78 is 5.67. The van der Waals surface area contributed by atoms with Crippen LogP contribution in [0.15, 0.2) is 22.4 Å². The van der Waals surface area contributed by atoms with E-state index in [0.717, 1.165) is 23.4 Å². The van der Waals surface area contributed by atoms with Crippen LogP contribution in [-0.4, -0.2) is 15.9 Å². The summed E-state index contributed by atoms with van der Waals surface area (Å²) in [5.41, 5.74) is 1.85. The monoisotopic (exact) mass is 319 g/mol. The average molecular weight is 319 g/mol. The van der Waals surface area contributed by atoms with Crippen LogP contribution in [0.3, 0.4) is 0 Å². The van der Waals surface area contributed by atoms with E-state index in [1.54, 1.807) is 0 Å². The molecule has 0 fully saturated rings. The van der Waals surface area contributed by atoms with E-state index in [9.17, 15) is 0 Å². The minimum absolute atomic E-state index is 0.511. The Morgan fingerprint density at radius 3 is 2.93 bits per heavy atom. The van der Waals surface area contributed by atoms with E-state index >= 15 is 0 Å². The zero-order valence-electron chi connectivity index (χ0n) is 8.80. The molecular weight excluding hydrogens is 305 g/mol. The van der Waals surface area contributed by atoms with E-state index < -0.39 is 0 Å². The number of nitrogens with zero attached hydrogens (tertiary/aromatic N) is 1. The first-order chi connectivity index (χ1) is 7.17. The van der Waals surface area contributed by atoms with Gasteiger partial charge in [-0.05, 0) is 29.0 Å². The van der Waals surface area contributed by atoms with E-state index in [1.165, 1.54) is 0 Å². The van der Waals surface area contributed by atoms with Crippen LogP contribution in [0.5, 0.6) is 0 Å². The lowest BCUT2D eigenvalue weighted by Gasteiger charge is -2.00. The summed E-state index contributed by atoms with van der Waals surface area (Å²) in [6, 6.07) is 1.93. The fraction of sp³-hybridized carbons (Fsp3) is 0.400. The van der Waals surface area contributed by atoms with Crippen LogP contribution in [0.1, 0.15) is 18.4 Å². The van der Waals surface area contributed by atoms with Crippen molar-refractivity contribution >= 4 is 26.3 Å². The highest BCUT2D eigenvalue weighted by Crippen LogP contribution is 2.13. The van der Waals surface area contributed by atoms with Gasteiger partial charge in [-0.15, -0.1) is 0 Å². The van der Waals surface area contributed by atoms with E-state index in [-0.39, 0.29) is 0 Å². The highest BCUT2D eigenvalue weighted by Gasteiger charge is 2.08. The molecule has 0 bridgehead atoms. The first-order valence-corrected chi connectivity index (χ1v) is 5.80.